The first-order valence-electron chi connectivity index (χ1n) is 7.72. The smallest absolute Gasteiger partial charge is 0.277 e. The summed E-state index contributed by atoms with van der Waals surface area (Å²) in [5, 5.41) is 10.5. The highest BCUT2D eigenvalue weighted by atomic mass is 32.1. The van der Waals surface area contributed by atoms with Gasteiger partial charge < -0.3 is 18.5 Å². The summed E-state index contributed by atoms with van der Waals surface area (Å²) in [6.45, 7) is 1.97. The molecule has 0 saturated carbocycles. The lowest BCUT2D eigenvalue weighted by Gasteiger charge is -1.98. The summed E-state index contributed by atoms with van der Waals surface area (Å²) < 4.78 is 21.0. The third-order valence-corrected chi connectivity index (χ3v) is 4.59. The fourth-order valence-corrected chi connectivity index (χ4v) is 3.31. The number of rotatable bonds is 4. The van der Waals surface area contributed by atoms with E-state index < -0.39 is 0 Å². The highest BCUT2D eigenvalue weighted by Crippen LogP contribution is 2.37. The molecule has 130 valence electrons. The number of aryl methyl sites for hydroxylation is 1. The van der Waals surface area contributed by atoms with E-state index in [-0.39, 0.29) is 6.79 Å². The summed E-state index contributed by atoms with van der Waals surface area (Å²) in [6.07, 6.45) is 0.333. The van der Waals surface area contributed by atoms with Crippen molar-refractivity contribution < 1.29 is 18.5 Å². The summed E-state index contributed by atoms with van der Waals surface area (Å²) >= 11 is 1.48. The van der Waals surface area contributed by atoms with Gasteiger partial charge in [0.05, 0.1) is 6.42 Å². The predicted molar refractivity (Wildman–Crippen MR) is 88.8 cm³/mol. The van der Waals surface area contributed by atoms with Gasteiger partial charge >= 0.3 is 0 Å². The van der Waals surface area contributed by atoms with Gasteiger partial charge in [0, 0.05) is 17.9 Å². The van der Waals surface area contributed by atoms with Crippen molar-refractivity contribution in [3.8, 4) is 33.7 Å². The molecule has 0 radical (unpaired) electrons. The minimum absolute atomic E-state index is 0.243. The van der Waals surface area contributed by atoms with Gasteiger partial charge in [-0.1, -0.05) is 10.3 Å². The predicted octanol–water partition coefficient (Wildman–Crippen LogP) is 2.87. The number of hydrogen-bond acceptors (Lipinski definition) is 10. The lowest BCUT2D eigenvalue weighted by Crippen LogP contribution is -1.93. The minimum Gasteiger partial charge on any atom is -0.454 e. The molecule has 5 rings (SSSR count). The molecular formula is C16H11N5O4S. The number of nitrogens with zero attached hydrogens (tertiary/aromatic N) is 5. The first-order valence-corrected chi connectivity index (χ1v) is 8.60. The van der Waals surface area contributed by atoms with Gasteiger partial charge in [-0.2, -0.15) is 9.97 Å². The van der Waals surface area contributed by atoms with Crippen molar-refractivity contribution in [1.82, 2.24) is 25.3 Å². The van der Waals surface area contributed by atoms with E-state index in [1.165, 1.54) is 11.3 Å². The first-order chi connectivity index (χ1) is 12.7. The van der Waals surface area contributed by atoms with Crippen LogP contribution in [0, 0.1) is 6.92 Å². The third-order valence-electron chi connectivity index (χ3n) is 3.70. The van der Waals surface area contributed by atoms with Crippen LogP contribution in [-0.4, -0.2) is 32.1 Å². The van der Waals surface area contributed by atoms with Crippen molar-refractivity contribution in [3.63, 3.8) is 0 Å². The van der Waals surface area contributed by atoms with Gasteiger partial charge in [0.15, 0.2) is 23.1 Å². The van der Waals surface area contributed by atoms with Crippen LogP contribution in [0.2, 0.25) is 0 Å². The van der Waals surface area contributed by atoms with Gasteiger partial charge in [-0.3, -0.25) is 0 Å². The molecule has 3 aromatic heterocycles. The van der Waals surface area contributed by atoms with E-state index >= 15 is 0 Å². The van der Waals surface area contributed by atoms with Crippen LogP contribution in [0.4, 0.5) is 0 Å². The van der Waals surface area contributed by atoms with E-state index in [0.717, 1.165) is 22.1 Å². The second kappa shape index (κ2) is 5.92. The third kappa shape index (κ3) is 2.69. The van der Waals surface area contributed by atoms with E-state index in [1.807, 2.05) is 23.6 Å². The molecule has 26 heavy (non-hydrogen) atoms. The number of ether oxygens (including phenoxy) is 2. The minimum atomic E-state index is 0.243. The zero-order valence-electron chi connectivity index (χ0n) is 13.5. The molecule has 1 aliphatic rings. The largest absolute Gasteiger partial charge is 0.454 e. The van der Waals surface area contributed by atoms with Gasteiger partial charge in [0.1, 0.15) is 10.7 Å². The molecule has 0 bridgehead atoms. The summed E-state index contributed by atoms with van der Waals surface area (Å²) in [4.78, 5) is 13.1. The van der Waals surface area contributed by atoms with E-state index in [9.17, 15) is 0 Å². The summed E-state index contributed by atoms with van der Waals surface area (Å²) in [5.41, 5.74) is 1.55. The van der Waals surface area contributed by atoms with Crippen LogP contribution < -0.4 is 9.47 Å². The van der Waals surface area contributed by atoms with Crippen LogP contribution in [-0.2, 0) is 6.42 Å². The van der Waals surface area contributed by atoms with Crippen molar-refractivity contribution in [2.75, 3.05) is 6.79 Å². The quantitative estimate of drug-likeness (QED) is 0.536. The van der Waals surface area contributed by atoms with Crippen molar-refractivity contribution in [3.05, 3.63) is 41.1 Å². The Bertz CT molecular complexity index is 1090. The van der Waals surface area contributed by atoms with Crippen LogP contribution >= 0.6 is 11.3 Å². The van der Waals surface area contributed by atoms with E-state index in [0.29, 0.717) is 35.5 Å². The van der Waals surface area contributed by atoms with Crippen molar-refractivity contribution in [2.24, 2.45) is 0 Å². The van der Waals surface area contributed by atoms with Gasteiger partial charge in [-0.05, 0) is 18.2 Å². The van der Waals surface area contributed by atoms with Crippen molar-refractivity contribution in [2.45, 2.75) is 13.3 Å². The van der Waals surface area contributed by atoms with Gasteiger partial charge in [0.2, 0.25) is 12.7 Å². The normalized spacial score (nSPS) is 12.7. The molecule has 0 fully saturated rings. The Morgan fingerprint density at radius 3 is 2.73 bits per heavy atom. The highest BCUT2D eigenvalue weighted by Gasteiger charge is 2.18. The second-order valence-corrected chi connectivity index (χ2v) is 6.39. The standard InChI is InChI=1S/C16H11N5O4S/c1-8-17-13(20-24-8)5-14-19-15(25-21-14)10-6-26-16(18-10)9-2-3-11-12(4-9)23-7-22-11/h2-4,6H,5,7H2,1H3. The average molecular weight is 369 g/mol. The van der Waals surface area contributed by atoms with Crippen LogP contribution in [0.25, 0.3) is 22.2 Å². The van der Waals surface area contributed by atoms with E-state index in [2.05, 4.69) is 25.3 Å². The number of thiazole rings is 1. The first kappa shape index (κ1) is 15.0. The molecule has 0 spiro atoms. The Hall–Kier alpha value is -3.27. The van der Waals surface area contributed by atoms with Crippen LogP contribution in [0.5, 0.6) is 11.5 Å². The summed E-state index contributed by atoms with van der Waals surface area (Å²) in [7, 11) is 0. The fourth-order valence-electron chi connectivity index (χ4n) is 2.52. The molecule has 10 heteroatoms. The highest BCUT2D eigenvalue weighted by molar-refractivity contribution is 7.13. The Kier molecular flexibility index (Phi) is 3.42. The lowest BCUT2D eigenvalue weighted by atomic mass is 10.2. The Labute approximate surface area is 150 Å². The molecule has 0 saturated heterocycles. The monoisotopic (exact) mass is 369 g/mol. The zero-order chi connectivity index (χ0) is 17.5. The van der Waals surface area contributed by atoms with Gasteiger partial charge in [-0.15, -0.1) is 11.3 Å². The van der Waals surface area contributed by atoms with Gasteiger partial charge in [0.25, 0.3) is 5.89 Å². The number of hydrogen-bond donors (Lipinski definition) is 0. The maximum absolute atomic E-state index is 5.41. The van der Waals surface area contributed by atoms with E-state index in [1.54, 1.807) is 6.92 Å². The lowest BCUT2D eigenvalue weighted by molar-refractivity contribution is 0.174. The maximum Gasteiger partial charge on any atom is 0.277 e. The Morgan fingerprint density at radius 2 is 1.85 bits per heavy atom. The Morgan fingerprint density at radius 1 is 1.00 bits per heavy atom. The van der Waals surface area contributed by atoms with Crippen molar-refractivity contribution in [1.29, 1.82) is 0 Å². The molecule has 0 unspecified atom stereocenters. The molecule has 0 atom stereocenters. The number of fused-ring (bicyclic) bond motifs is 1. The molecule has 0 amide bonds. The molecule has 0 aliphatic carbocycles. The molecule has 1 aliphatic heterocycles. The fraction of sp³-hybridized carbons (Fsp3) is 0.188. The van der Waals surface area contributed by atoms with Crippen LogP contribution in [0.3, 0.4) is 0 Å². The average Bonchev–Trinajstić information content (AvgIpc) is 3.42. The SMILES string of the molecule is Cc1nc(Cc2noc(-c3csc(-c4ccc5c(c4)OCO5)n3)n2)no1. The Balaban J connectivity index is 1.38. The number of benzene rings is 1. The molecule has 4 aromatic rings. The summed E-state index contributed by atoms with van der Waals surface area (Å²) in [6, 6.07) is 5.72. The molecule has 1 aromatic carbocycles. The molecule has 0 N–H and O–H groups in total. The van der Waals surface area contributed by atoms with Gasteiger partial charge in [-0.25, -0.2) is 4.98 Å². The molecule has 4 heterocycles. The summed E-state index contributed by atoms with van der Waals surface area (Å²) in [5.74, 6) is 3.28. The molecule has 9 nitrogen and oxygen atoms in total. The maximum atomic E-state index is 5.41. The number of aromatic nitrogens is 5. The second-order valence-electron chi connectivity index (χ2n) is 5.53. The van der Waals surface area contributed by atoms with Crippen LogP contribution in [0.15, 0.2) is 32.6 Å². The van der Waals surface area contributed by atoms with Crippen LogP contribution in [0.1, 0.15) is 17.5 Å². The zero-order valence-corrected chi connectivity index (χ0v) is 14.3. The molecular weight excluding hydrogens is 358 g/mol. The topological polar surface area (TPSA) is 109 Å². The van der Waals surface area contributed by atoms with Crippen molar-refractivity contribution >= 4 is 11.3 Å². The van der Waals surface area contributed by atoms with E-state index in [4.69, 9.17) is 18.5 Å².